The van der Waals surface area contributed by atoms with Gasteiger partial charge in [0, 0.05) is 36.5 Å². The number of hydrogen-bond acceptors (Lipinski definition) is 14. The Morgan fingerprint density at radius 1 is 0.442 bits per heavy atom. The van der Waals surface area contributed by atoms with E-state index in [9.17, 15) is 28.8 Å². The van der Waals surface area contributed by atoms with Crippen LogP contribution in [0.4, 0.5) is 0 Å². The van der Waals surface area contributed by atoms with Crippen LogP contribution in [0.15, 0.2) is 75.9 Å². The molecule has 0 amide bonds. The van der Waals surface area contributed by atoms with E-state index in [1.807, 2.05) is 0 Å². The Morgan fingerprint density at radius 3 is 0.744 bits per heavy atom. The van der Waals surface area contributed by atoms with E-state index in [1.165, 1.54) is 13.1 Å². The molecule has 0 aromatic carbocycles. The summed E-state index contributed by atoms with van der Waals surface area (Å²) < 4.78 is 43.5. The van der Waals surface area contributed by atoms with Crippen LogP contribution in [0.5, 0.6) is 0 Å². The van der Waals surface area contributed by atoms with Crippen LogP contribution in [0.2, 0.25) is 13.1 Å². The second kappa shape index (κ2) is 18.8. The molecule has 0 aromatic heterocycles. The summed E-state index contributed by atoms with van der Waals surface area (Å²) >= 11 is 0. The molecule has 0 unspecified atom stereocenters. The smallest absolute Gasteiger partial charge is 0.333 e. The van der Waals surface area contributed by atoms with E-state index in [2.05, 4.69) is 39.5 Å². The summed E-state index contributed by atoms with van der Waals surface area (Å²) in [4.78, 5) is 71.6. The highest BCUT2D eigenvalue weighted by molar-refractivity contribution is 6.64. The Kier molecular flexibility index (Phi) is 16.7. The zero-order valence-corrected chi connectivity index (χ0v) is 25.2. The number of carbonyl (C=O) groups is 6. The molecule has 15 heteroatoms. The minimum Gasteiger partial charge on any atom is -0.459 e. The Morgan fingerprint density at radius 2 is 0.605 bits per heavy atom. The predicted octanol–water partition coefficient (Wildman–Crippen LogP) is 1.57. The molecule has 236 valence electrons. The Bertz CT molecular complexity index is 903. The molecule has 43 heavy (non-hydrogen) atoms. The van der Waals surface area contributed by atoms with Crippen LogP contribution >= 0.6 is 0 Å². The second-order valence-electron chi connectivity index (χ2n) is 8.84. The van der Waals surface area contributed by atoms with Crippen molar-refractivity contribution in [3.05, 3.63) is 75.9 Å². The average molecular weight is 625 g/mol. The minimum atomic E-state index is -3.77. The van der Waals surface area contributed by atoms with Gasteiger partial charge in [-0.2, -0.15) is 0 Å². The van der Waals surface area contributed by atoms with Crippen LogP contribution in [-0.4, -0.2) is 95.2 Å². The first-order valence-corrected chi connectivity index (χ1v) is 15.1. The number of carbonyl (C=O) groups excluding carboxylic acids is 6. The standard InChI is InChI=1S/C28H36O14Si/c1-9-21(29)35-15-27(16-36-22(30)10-2,17-37-23(31)11-3)41-43(7,8)42-28(18-38-24(32)12-4,19-39-25(33)13-5)20-40-26(34)14-6/h9-14H,1-6,15-20H2,7-8H3. The van der Waals surface area contributed by atoms with E-state index in [0.717, 1.165) is 36.5 Å². The minimum absolute atomic E-state index is 0.651. The van der Waals surface area contributed by atoms with Gasteiger partial charge in [-0.15, -0.1) is 0 Å². The lowest BCUT2D eigenvalue weighted by molar-refractivity contribution is -0.178. The number of rotatable bonds is 22. The van der Waals surface area contributed by atoms with Gasteiger partial charge in [-0.1, -0.05) is 39.5 Å². The highest BCUT2D eigenvalue weighted by atomic mass is 28.4. The largest absolute Gasteiger partial charge is 0.459 e. The SMILES string of the molecule is C=CC(=O)OCC(COC(=O)C=C)(COC(=O)C=C)O[Si](C)(C)OC(COC(=O)C=C)(COC(=O)C=C)COC(=O)C=C. The van der Waals surface area contributed by atoms with Gasteiger partial charge in [-0.05, 0) is 13.1 Å². The van der Waals surface area contributed by atoms with E-state index in [0.29, 0.717) is 0 Å². The summed E-state index contributed by atoms with van der Waals surface area (Å²) in [5.74, 6) is -5.35. The Labute approximate surface area is 250 Å². The molecule has 14 nitrogen and oxygen atoms in total. The third-order valence-electron chi connectivity index (χ3n) is 4.79. The predicted molar refractivity (Wildman–Crippen MR) is 152 cm³/mol. The fourth-order valence-electron chi connectivity index (χ4n) is 3.06. The molecule has 0 fully saturated rings. The molecule has 0 atom stereocenters. The summed E-state index contributed by atoms with van der Waals surface area (Å²) in [6.07, 6.45) is 5.14. The third-order valence-corrected chi connectivity index (χ3v) is 6.64. The summed E-state index contributed by atoms with van der Waals surface area (Å²) in [5.41, 5.74) is -3.80. The molecule has 0 rings (SSSR count). The van der Waals surface area contributed by atoms with Crippen LogP contribution in [0, 0.1) is 0 Å². The monoisotopic (exact) mass is 624 g/mol. The van der Waals surface area contributed by atoms with Gasteiger partial charge in [0.15, 0.2) is 11.2 Å². The van der Waals surface area contributed by atoms with Gasteiger partial charge in [-0.3, -0.25) is 0 Å². The van der Waals surface area contributed by atoms with Crippen molar-refractivity contribution in [3.63, 3.8) is 0 Å². The van der Waals surface area contributed by atoms with E-state index < -0.39 is 95.2 Å². The molecule has 0 aliphatic rings. The first-order chi connectivity index (χ1) is 20.1. The van der Waals surface area contributed by atoms with Crippen LogP contribution in [0.3, 0.4) is 0 Å². The zero-order valence-electron chi connectivity index (χ0n) is 24.2. The van der Waals surface area contributed by atoms with Gasteiger partial charge in [-0.25, -0.2) is 28.8 Å². The molecule has 0 aromatic rings. The van der Waals surface area contributed by atoms with E-state index in [1.54, 1.807) is 0 Å². The maximum atomic E-state index is 11.9. The lowest BCUT2D eigenvalue weighted by atomic mass is 10.1. The quantitative estimate of drug-likeness (QED) is 0.0734. The molecule has 0 bridgehead atoms. The van der Waals surface area contributed by atoms with Gasteiger partial charge in [0.2, 0.25) is 0 Å². The van der Waals surface area contributed by atoms with Crippen molar-refractivity contribution < 1.29 is 66.0 Å². The number of esters is 6. The first-order valence-electron chi connectivity index (χ1n) is 12.3. The maximum absolute atomic E-state index is 11.9. The van der Waals surface area contributed by atoms with E-state index in [-0.39, 0.29) is 0 Å². The van der Waals surface area contributed by atoms with E-state index in [4.69, 9.17) is 37.3 Å². The highest BCUT2D eigenvalue weighted by Crippen LogP contribution is 2.28. The normalized spacial score (nSPS) is 11.0. The van der Waals surface area contributed by atoms with Gasteiger partial charge >= 0.3 is 44.4 Å². The van der Waals surface area contributed by atoms with Crippen molar-refractivity contribution in [2.75, 3.05) is 39.6 Å². The molecule has 0 aliphatic heterocycles. The molecule has 0 radical (unpaired) electrons. The summed E-state index contributed by atoms with van der Waals surface area (Å²) in [5, 5.41) is 0. The topological polar surface area (TPSA) is 176 Å². The zero-order chi connectivity index (χ0) is 33.1. The highest BCUT2D eigenvalue weighted by Gasteiger charge is 2.49. The molecule has 0 saturated heterocycles. The van der Waals surface area contributed by atoms with Crippen molar-refractivity contribution in [3.8, 4) is 0 Å². The lowest BCUT2D eigenvalue weighted by Crippen LogP contribution is -2.61. The first kappa shape index (κ1) is 38.4. The van der Waals surface area contributed by atoms with Crippen molar-refractivity contribution in [1.82, 2.24) is 0 Å². The Balaban J connectivity index is 6.79. The van der Waals surface area contributed by atoms with E-state index >= 15 is 0 Å². The van der Waals surface area contributed by atoms with Gasteiger partial charge in [0.25, 0.3) is 0 Å². The molecule has 0 N–H and O–H groups in total. The van der Waals surface area contributed by atoms with Crippen LogP contribution in [-0.2, 0) is 66.0 Å². The van der Waals surface area contributed by atoms with Crippen LogP contribution in [0.1, 0.15) is 0 Å². The second-order valence-corrected chi connectivity index (χ2v) is 12.0. The summed E-state index contributed by atoms with van der Waals surface area (Å²) in [6.45, 7) is 18.9. The van der Waals surface area contributed by atoms with Crippen molar-refractivity contribution >= 4 is 44.4 Å². The molecule has 0 saturated carbocycles. The summed E-state index contributed by atoms with van der Waals surface area (Å²) in [7, 11) is -3.77. The van der Waals surface area contributed by atoms with Crippen molar-refractivity contribution in [2.24, 2.45) is 0 Å². The van der Waals surface area contributed by atoms with Crippen LogP contribution < -0.4 is 0 Å². The fourth-order valence-corrected chi connectivity index (χ4v) is 5.54. The lowest BCUT2D eigenvalue weighted by Gasteiger charge is -2.42. The molecule has 0 spiro atoms. The van der Waals surface area contributed by atoms with Crippen molar-refractivity contribution in [1.29, 1.82) is 0 Å². The number of hydrogen-bond donors (Lipinski definition) is 0. The van der Waals surface area contributed by atoms with Gasteiger partial charge < -0.3 is 37.3 Å². The maximum Gasteiger partial charge on any atom is 0.333 e. The van der Waals surface area contributed by atoms with Gasteiger partial charge in [0.1, 0.15) is 39.6 Å². The van der Waals surface area contributed by atoms with Gasteiger partial charge in [0.05, 0.1) is 0 Å². The Hall–Kier alpha value is -4.60. The molecule has 0 heterocycles. The molecule has 0 aliphatic carbocycles. The number of ether oxygens (including phenoxy) is 6. The van der Waals surface area contributed by atoms with Crippen molar-refractivity contribution in [2.45, 2.75) is 24.3 Å². The average Bonchev–Trinajstić information content (AvgIpc) is 3.00. The fraction of sp³-hybridized carbons (Fsp3) is 0.357. The third kappa shape index (κ3) is 15.3. The molecular formula is C28H36O14Si. The van der Waals surface area contributed by atoms with Crippen LogP contribution in [0.25, 0.3) is 0 Å². The molecular weight excluding hydrogens is 588 g/mol. The summed E-state index contributed by atoms with van der Waals surface area (Å²) in [6, 6.07) is 0.